The van der Waals surface area contributed by atoms with E-state index in [2.05, 4.69) is 5.32 Å². The van der Waals surface area contributed by atoms with E-state index in [1.165, 1.54) is 6.07 Å². The van der Waals surface area contributed by atoms with Crippen molar-refractivity contribution in [3.05, 3.63) is 53.8 Å². The fourth-order valence-corrected chi connectivity index (χ4v) is 2.47. The Balaban J connectivity index is 2.04. The van der Waals surface area contributed by atoms with Gasteiger partial charge in [0, 0.05) is 12.2 Å². The van der Waals surface area contributed by atoms with E-state index < -0.39 is 11.7 Å². The number of hydrogen-bond donors (Lipinski definition) is 1. The number of amides is 1. The number of benzene rings is 2. The van der Waals surface area contributed by atoms with Crippen molar-refractivity contribution in [3.8, 4) is 0 Å². The molecule has 1 heterocycles. The van der Waals surface area contributed by atoms with Crippen LogP contribution in [-0.2, 0) is 4.79 Å². The van der Waals surface area contributed by atoms with Gasteiger partial charge in [0.05, 0.1) is 16.9 Å². The van der Waals surface area contributed by atoms with Gasteiger partial charge in [0.25, 0.3) is 11.7 Å². The summed E-state index contributed by atoms with van der Waals surface area (Å²) in [5, 5.41) is 2.52. The summed E-state index contributed by atoms with van der Waals surface area (Å²) in [7, 11) is 0. The Kier molecular flexibility index (Phi) is 3.17. The SMILES string of the molecule is CCN(c1ccc2c(c1)NC(=O)C2=O)c1ccccc1F. The first-order valence-corrected chi connectivity index (χ1v) is 6.63. The van der Waals surface area contributed by atoms with Crippen molar-refractivity contribution in [1.82, 2.24) is 0 Å². The van der Waals surface area contributed by atoms with Crippen molar-refractivity contribution >= 4 is 28.8 Å². The molecule has 0 fully saturated rings. The number of fused-ring (bicyclic) bond motifs is 1. The van der Waals surface area contributed by atoms with Crippen LogP contribution in [-0.4, -0.2) is 18.2 Å². The van der Waals surface area contributed by atoms with Crippen molar-refractivity contribution in [2.75, 3.05) is 16.8 Å². The predicted octanol–water partition coefficient (Wildman–Crippen LogP) is 3.12. The highest BCUT2D eigenvalue weighted by Gasteiger charge is 2.28. The van der Waals surface area contributed by atoms with Crippen LogP contribution in [0.15, 0.2) is 42.5 Å². The maximum Gasteiger partial charge on any atom is 0.296 e. The zero-order valence-electron chi connectivity index (χ0n) is 11.4. The average molecular weight is 284 g/mol. The number of Topliss-reactive ketones (excluding diaryl/α,β-unsaturated/α-hetero) is 1. The molecule has 2 aromatic rings. The molecule has 0 aliphatic carbocycles. The van der Waals surface area contributed by atoms with E-state index in [1.807, 2.05) is 6.92 Å². The maximum absolute atomic E-state index is 13.9. The lowest BCUT2D eigenvalue weighted by Crippen LogP contribution is -2.17. The first kappa shape index (κ1) is 13.3. The summed E-state index contributed by atoms with van der Waals surface area (Å²) in [5.41, 5.74) is 2.00. The molecule has 106 valence electrons. The molecular formula is C16H13FN2O2. The zero-order chi connectivity index (χ0) is 15.0. The molecule has 1 amide bonds. The highest BCUT2D eigenvalue weighted by atomic mass is 19.1. The molecule has 1 N–H and O–H groups in total. The van der Waals surface area contributed by atoms with Gasteiger partial charge in [-0.3, -0.25) is 9.59 Å². The number of carbonyl (C=O) groups excluding carboxylic acids is 2. The van der Waals surface area contributed by atoms with Crippen LogP contribution in [0.1, 0.15) is 17.3 Å². The summed E-state index contributed by atoms with van der Waals surface area (Å²) in [5.74, 6) is -1.48. The van der Waals surface area contributed by atoms with Crippen molar-refractivity contribution in [2.45, 2.75) is 6.92 Å². The molecule has 3 rings (SSSR count). The number of para-hydroxylation sites is 1. The molecule has 2 aromatic carbocycles. The number of rotatable bonds is 3. The van der Waals surface area contributed by atoms with Crippen molar-refractivity contribution in [2.24, 2.45) is 0 Å². The molecular weight excluding hydrogens is 271 g/mol. The Hall–Kier alpha value is -2.69. The Bertz CT molecular complexity index is 743. The third kappa shape index (κ3) is 2.16. The van der Waals surface area contributed by atoms with Crippen LogP contribution in [0.4, 0.5) is 21.5 Å². The Morgan fingerprint density at radius 1 is 1.14 bits per heavy atom. The second-order valence-electron chi connectivity index (χ2n) is 4.71. The monoisotopic (exact) mass is 284 g/mol. The lowest BCUT2D eigenvalue weighted by atomic mass is 10.1. The van der Waals surface area contributed by atoms with Gasteiger partial charge in [-0.1, -0.05) is 12.1 Å². The van der Waals surface area contributed by atoms with Gasteiger partial charge in [-0.15, -0.1) is 0 Å². The topological polar surface area (TPSA) is 49.4 Å². The molecule has 5 heteroatoms. The molecule has 0 spiro atoms. The number of carbonyl (C=O) groups is 2. The van der Waals surface area contributed by atoms with E-state index in [-0.39, 0.29) is 5.82 Å². The van der Waals surface area contributed by atoms with Gasteiger partial charge in [-0.2, -0.15) is 0 Å². The molecule has 0 radical (unpaired) electrons. The third-order valence-corrected chi connectivity index (χ3v) is 3.47. The molecule has 0 saturated carbocycles. The van der Waals surface area contributed by atoms with Crippen LogP contribution in [0.25, 0.3) is 0 Å². The highest BCUT2D eigenvalue weighted by Crippen LogP contribution is 2.32. The van der Waals surface area contributed by atoms with Crippen LogP contribution in [0.3, 0.4) is 0 Å². The molecule has 0 unspecified atom stereocenters. The van der Waals surface area contributed by atoms with Gasteiger partial charge in [0.2, 0.25) is 0 Å². The van der Waals surface area contributed by atoms with E-state index in [1.54, 1.807) is 41.3 Å². The summed E-state index contributed by atoms with van der Waals surface area (Å²) in [4.78, 5) is 24.7. The van der Waals surface area contributed by atoms with E-state index in [4.69, 9.17) is 0 Å². The van der Waals surface area contributed by atoms with E-state index in [9.17, 15) is 14.0 Å². The second kappa shape index (κ2) is 5.01. The minimum absolute atomic E-state index is 0.319. The number of halogens is 1. The fourth-order valence-electron chi connectivity index (χ4n) is 2.47. The third-order valence-electron chi connectivity index (χ3n) is 3.47. The van der Waals surface area contributed by atoms with Gasteiger partial charge in [-0.05, 0) is 37.3 Å². The van der Waals surface area contributed by atoms with E-state index >= 15 is 0 Å². The molecule has 21 heavy (non-hydrogen) atoms. The van der Waals surface area contributed by atoms with Crippen LogP contribution >= 0.6 is 0 Å². The van der Waals surface area contributed by atoms with Crippen molar-refractivity contribution < 1.29 is 14.0 Å². The Labute approximate surface area is 121 Å². The largest absolute Gasteiger partial charge is 0.339 e. The highest BCUT2D eigenvalue weighted by molar-refractivity contribution is 6.51. The molecule has 4 nitrogen and oxygen atoms in total. The Morgan fingerprint density at radius 2 is 1.90 bits per heavy atom. The molecule has 0 bridgehead atoms. The van der Waals surface area contributed by atoms with Crippen LogP contribution in [0.5, 0.6) is 0 Å². The standard InChI is InChI=1S/C16H13FN2O2/c1-2-19(14-6-4-3-5-12(14)17)10-7-8-11-13(9-10)18-16(21)15(11)20/h3-9H,2H2,1H3,(H,18,20,21). The molecule has 0 atom stereocenters. The summed E-state index contributed by atoms with van der Waals surface area (Å²) in [6, 6.07) is 11.5. The minimum atomic E-state index is -0.629. The van der Waals surface area contributed by atoms with Crippen LogP contribution < -0.4 is 10.2 Å². The van der Waals surface area contributed by atoms with Gasteiger partial charge in [-0.25, -0.2) is 4.39 Å². The summed E-state index contributed by atoms with van der Waals surface area (Å²) in [6.07, 6.45) is 0. The number of nitrogens with one attached hydrogen (secondary N) is 1. The first-order valence-electron chi connectivity index (χ1n) is 6.63. The van der Waals surface area contributed by atoms with Crippen LogP contribution in [0, 0.1) is 5.82 Å². The Morgan fingerprint density at radius 3 is 2.62 bits per heavy atom. The van der Waals surface area contributed by atoms with Gasteiger partial charge in [0.1, 0.15) is 5.82 Å². The lowest BCUT2D eigenvalue weighted by molar-refractivity contribution is -0.112. The van der Waals surface area contributed by atoms with Crippen molar-refractivity contribution in [1.29, 1.82) is 0 Å². The van der Waals surface area contributed by atoms with Gasteiger partial charge in [0.15, 0.2) is 0 Å². The second-order valence-corrected chi connectivity index (χ2v) is 4.71. The number of nitrogens with zero attached hydrogens (tertiary/aromatic N) is 1. The first-order chi connectivity index (χ1) is 10.1. The van der Waals surface area contributed by atoms with E-state index in [0.29, 0.717) is 23.5 Å². The summed E-state index contributed by atoms with van der Waals surface area (Å²) < 4.78 is 13.9. The number of anilines is 3. The quantitative estimate of drug-likeness (QED) is 0.881. The number of hydrogen-bond acceptors (Lipinski definition) is 3. The molecule has 0 saturated heterocycles. The normalized spacial score (nSPS) is 13.0. The van der Waals surface area contributed by atoms with Crippen LogP contribution in [0.2, 0.25) is 0 Å². The molecule has 1 aliphatic heterocycles. The van der Waals surface area contributed by atoms with Crippen molar-refractivity contribution in [3.63, 3.8) is 0 Å². The number of ketones is 1. The maximum atomic E-state index is 13.9. The summed E-state index contributed by atoms with van der Waals surface area (Å²) >= 11 is 0. The zero-order valence-corrected chi connectivity index (χ0v) is 11.4. The predicted molar refractivity (Wildman–Crippen MR) is 78.5 cm³/mol. The fraction of sp³-hybridized carbons (Fsp3) is 0.125. The minimum Gasteiger partial charge on any atom is -0.339 e. The smallest absolute Gasteiger partial charge is 0.296 e. The van der Waals surface area contributed by atoms with Gasteiger partial charge < -0.3 is 10.2 Å². The lowest BCUT2D eigenvalue weighted by Gasteiger charge is -2.24. The molecule has 1 aliphatic rings. The molecule has 0 aromatic heterocycles. The van der Waals surface area contributed by atoms with Gasteiger partial charge >= 0.3 is 0 Å². The summed E-state index contributed by atoms with van der Waals surface area (Å²) in [6.45, 7) is 2.46. The average Bonchev–Trinajstić information content (AvgIpc) is 2.77. The van der Waals surface area contributed by atoms with E-state index in [0.717, 1.165) is 5.69 Å².